The van der Waals surface area contributed by atoms with Gasteiger partial charge in [0, 0.05) is 0 Å². The molecule has 25 heavy (non-hydrogen) atoms. The molecular weight excluding hydrogens is 304 g/mol. The second-order valence-electron chi connectivity index (χ2n) is 6.39. The summed E-state index contributed by atoms with van der Waals surface area (Å²) in [5.41, 5.74) is 2.73. The van der Waals surface area contributed by atoms with Crippen molar-refractivity contribution in [2.45, 2.75) is 12.8 Å². The molecule has 0 saturated carbocycles. The van der Waals surface area contributed by atoms with E-state index in [2.05, 4.69) is 84.9 Å². The summed E-state index contributed by atoms with van der Waals surface area (Å²) in [6.45, 7) is 1.53. The van der Waals surface area contributed by atoms with Crippen LogP contribution in [0.2, 0.25) is 0 Å². The number of rotatable bonds is 6. The van der Waals surface area contributed by atoms with Crippen molar-refractivity contribution in [1.29, 1.82) is 0 Å². The predicted octanol–water partition coefficient (Wildman–Crippen LogP) is 5.79. The lowest BCUT2D eigenvalue weighted by Crippen LogP contribution is -2.03. The van der Waals surface area contributed by atoms with Gasteiger partial charge in [0.15, 0.2) is 0 Å². The Labute approximate surface area is 148 Å². The summed E-state index contributed by atoms with van der Waals surface area (Å²) >= 11 is 0. The highest BCUT2D eigenvalue weighted by atomic mass is 16.5. The van der Waals surface area contributed by atoms with E-state index in [0.717, 1.165) is 26.1 Å². The Hall–Kier alpha value is -2.64. The van der Waals surface area contributed by atoms with Crippen molar-refractivity contribution >= 4 is 21.5 Å². The van der Waals surface area contributed by atoms with Crippen LogP contribution >= 0.6 is 0 Å². The third-order valence-electron chi connectivity index (χ3n) is 4.79. The summed E-state index contributed by atoms with van der Waals surface area (Å²) in [4.78, 5) is 0. The fraction of sp³-hybridized carbons (Fsp3) is 0.167. The summed E-state index contributed by atoms with van der Waals surface area (Å²) in [6.07, 6.45) is 1.91. The molecule has 4 aromatic rings. The Morgan fingerprint density at radius 1 is 0.480 bits per heavy atom. The maximum Gasteiger partial charge on any atom is 0.0506 e. The molecule has 4 rings (SSSR count). The molecule has 4 aromatic carbocycles. The number of benzene rings is 4. The topological polar surface area (TPSA) is 9.23 Å². The van der Waals surface area contributed by atoms with E-state index in [0.29, 0.717) is 0 Å². The Kier molecular flexibility index (Phi) is 4.76. The number of hydrogen-bond acceptors (Lipinski definition) is 1. The van der Waals surface area contributed by atoms with Crippen molar-refractivity contribution in [3.05, 3.63) is 96.1 Å². The molecule has 0 aliphatic carbocycles. The molecule has 0 radical (unpaired) electrons. The third-order valence-corrected chi connectivity index (χ3v) is 4.79. The molecule has 0 heterocycles. The standard InChI is InChI=1S/C24H22O/c1-3-13-23-19(7-1)9-5-11-21(23)15-17-25-18-16-22-12-6-10-20-8-2-4-14-24(20)22/h1-14H,15-18H2. The maximum atomic E-state index is 5.94. The first-order chi connectivity index (χ1) is 12.4. The van der Waals surface area contributed by atoms with Crippen LogP contribution in [0.4, 0.5) is 0 Å². The second-order valence-corrected chi connectivity index (χ2v) is 6.39. The molecule has 0 saturated heterocycles. The van der Waals surface area contributed by atoms with Crippen molar-refractivity contribution in [1.82, 2.24) is 0 Å². The Balaban J connectivity index is 1.35. The summed E-state index contributed by atoms with van der Waals surface area (Å²) in [5.74, 6) is 0. The van der Waals surface area contributed by atoms with E-state index in [-0.39, 0.29) is 0 Å². The fourth-order valence-corrected chi connectivity index (χ4v) is 3.49. The van der Waals surface area contributed by atoms with E-state index < -0.39 is 0 Å². The number of fused-ring (bicyclic) bond motifs is 2. The third kappa shape index (κ3) is 3.57. The largest absolute Gasteiger partial charge is 0.381 e. The van der Waals surface area contributed by atoms with Gasteiger partial charge in [-0.3, -0.25) is 0 Å². The highest BCUT2D eigenvalue weighted by Crippen LogP contribution is 2.20. The Morgan fingerprint density at radius 3 is 1.44 bits per heavy atom. The van der Waals surface area contributed by atoms with Gasteiger partial charge in [0.25, 0.3) is 0 Å². The molecule has 0 spiro atoms. The SMILES string of the molecule is c1ccc2c(CCOCCc3cccc4ccccc34)cccc2c1. The molecule has 0 bridgehead atoms. The van der Waals surface area contributed by atoms with E-state index >= 15 is 0 Å². The van der Waals surface area contributed by atoms with Gasteiger partial charge >= 0.3 is 0 Å². The molecule has 0 aliphatic heterocycles. The zero-order valence-electron chi connectivity index (χ0n) is 14.3. The predicted molar refractivity (Wildman–Crippen MR) is 106 cm³/mol. The summed E-state index contributed by atoms with van der Waals surface area (Å²) < 4.78 is 5.94. The van der Waals surface area contributed by atoms with E-state index in [1.807, 2.05) is 0 Å². The molecular formula is C24H22O. The van der Waals surface area contributed by atoms with Crippen LogP contribution in [0.1, 0.15) is 11.1 Å². The molecule has 1 nitrogen and oxygen atoms in total. The van der Waals surface area contributed by atoms with Gasteiger partial charge in [0.2, 0.25) is 0 Å². The van der Waals surface area contributed by atoms with E-state index in [1.165, 1.54) is 32.7 Å². The number of ether oxygens (including phenoxy) is 1. The van der Waals surface area contributed by atoms with Gasteiger partial charge in [-0.05, 0) is 45.5 Å². The lowest BCUT2D eigenvalue weighted by atomic mass is 10.0. The Bertz CT molecular complexity index is 895. The summed E-state index contributed by atoms with van der Waals surface area (Å²) in [6, 6.07) is 30.1. The first-order valence-corrected chi connectivity index (χ1v) is 8.93. The van der Waals surface area contributed by atoms with Crippen molar-refractivity contribution in [2.24, 2.45) is 0 Å². The molecule has 1 heteroatoms. The normalized spacial score (nSPS) is 11.2. The highest BCUT2D eigenvalue weighted by Gasteiger charge is 2.02. The van der Waals surface area contributed by atoms with Gasteiger partial charge in [-0.15, -0.1) is 0 Å². The van der Waals surface area contributed by atoms with Gasteiger partial charge in [0.05, 0.1) is 13.2 Å². The van der Waals surface area contributed by atoms with Crippen LogP contribution < -0.4 is 0 Å². The quantitative estimate of drug-likeness (QED) is 0.407. The minimum absolute atomic E-state index is 0.763. The van der Waals surface area contributed by atoms with Crippen molar-refractivity contribution < 1.29 is 4.74 Å². The molecule has 0 amide bonds. The maximum absolute atomic E-state index is 5.94. The zero-order chi connectivity index (χ0) is 16.9. The van der Waals surface area contributed by atoms with Gasteiger partial charge in [-0.2, -0.15) is 0 Å². The first kappa shape index (κ1) is 15.9. The average Bonchev–Trinajstić information content (AvgIpc) is 2.68. The fourth-order valence-electron chi connectivity index (χ4n) is 3.49. The zero-order valence-corrected chi connectivity index (χ0v) is 14.3. The van der Waals surface area contributed by atoms with Crippen LogP contribution in [-0.4, -0.2) is 13.2 Å². The summed E-state index contributed by atoms with van der Waals surface area (Å²) in [7, 11) is 0. The van der Waals surface area contributed by atoms with Crippen LogP contribution in [0.15, 0.2) is 84.9 Å². The van der Waals surface area contributed by atoms with Gasteiger partial charge in [-0.1, -0.05) is 84.9 Å². The molecule has 0 unspecified atom stereocenters. The summed E-state index contributed by atoms with van der Waals surface area (Å²) in [5, 5.41) is 5.27. The molecule has 0 fully saturated rings. The van der Waals surface area contributed by atoms with Gasteiger partial charge < -0.3 is 4.74 Å². The number of hydrogen-bond donors (Lipinski definition) is 0. The first-order valence-electron chi connectivity index (χ1n) is 8.93. The molecule has 0 aromatic heterocycles. The van der Waals surface area contributed by atoms with E-state index in [4.69, 9.17) is 4.74 Å². The monoisotopic (exact) mass is 326 g/mol. The lowest BCUT2D eigenvalue weighted by Gasteiger charge is -2.09. The Morgan fingerprint density at radius 2 is 0.920 bits per heavy atom. The van der Waals surface area contributed by atoms with Crippen LogP contribution in [0.5, 0.6) is 0 Å². The average molecular weight is 326 g/mol. The lowest BCUT2D eigenvalue weighted by molar-refractivity contribution is 0.140. The van der Waals surface area contributed by atoms with E-state index in [1.54, 1.807) is 0 Å². The minimum atomic E-state index is 0.763. The van der Waals surface area contributed by atoms with Gasteiger partial charge in [0.1, 0.15) is 0 Å². The van der Waals surface area contributed by atoms with Crippen molar-refractivity contribution in [3.63, 3.8) is 0 Å². The molecule has 124 valence electrons. The van der Waals surface area contributed by atoms with Crippen LogP contribution in [0.3, 0.4) is 0 Å². The molecule has 0 atom stereocenters. The van der Waals surface area contributed by atoms with Crippen molar-refractivity contribution in [2.75, 3.05) is 13.2 Å². The van der Waals surface area contributed by atoms with E-state index in [9.17, 15) is 0 Å². The minimum Gasteiger partial charge on any atom is -0.381 e. The van der Waals surface area contributed by atoms with Crippen molar-refractivity contribution in [3.8, 4) is 0 Å². The van der Waals surface area contributed by atoms with Gasteiger partial charge in [-0.25, -0.2) is 0 Å². The van der Waals surface area contributed by atoms with Crippen LogP contribution in [0, 0.1) is 0 Å². The second kappa shape index (κ2) is 7.50. The molecule has 0 N–H and O–H groups in total. The molecule has 0 aliphatic rings. The smallest absolute Gasteiger partial charge is 0.0506 e. The highest BCUT2D eigenvalue weighted by molar-refractivity contribution is 5.86. The van der Waals surface area contributed by atoms with Crippen LogP contribution in [-0.2, 0) is 17.6 Å². The van der Waals surface area contributed by atoms with Crippen LogP contribution in [0.25, 0.3) is 21.5 Å².